The quantitative estimate of drug-likeness (QED) is 0.783. The summed E-state index contributed by atoms with van der Waals surface area (Å²) < 4.78 is 24.9. The fourth-order valence-electron chi connectivity index (χ4n) is 0.952. The fraction of sp³-hybridized carbons (Fsp3) is 0.500. The van der Waals surface area contributed by atoms with Crippen molar-refractivity contribution >= 4 is 21.6 Å². The number of aromatic nitrogens is 2. The van der Waals surface area contributed by atoms with Crippen LogP contribution in [0.15, 0.2) is 17.3 Å². The van der Waals surface area contributed by atoms with Gasteiger partial charge in [0.15, 0.2) is 0 Å². The summed E-state index contributed by atoms with van der Waals surface area (Å²) in [7, 11) is -2.30. The minimum absolute atomic E-state index is 0.0168. The van der Waals surface area contributed by atoms with Crippen LogP contribution in [-0.4, -0.2) is 47.5 Å². The molecule has 0 fully saturated rings. The summed E-state index contributed by atoms with van der Waals surface area (Å²) in [5.74, 6) is 0. The van der Waals surface area contributed by atoms with Gasteiger partial charge in [-0.1, -0.05) is 0 Å². The van der Waals surface area contributed by atoms with E-state index in [-0.39, 0.29) is 16.8 Å². The SMILES string of the molecule is CC(CO)N(C)S(=O)(=O)c1cnc(Cl)nc1. The normalized spacial score (nSPS) is 14.1. The predicted molar refractivity (Wildman–Crippen MR) is 58.5 cm³/mol. The summed E-state index contributed by atoms with van der Waals surface area (Å²) in [6.07, 6.45) is 2.26. The van der Waals surface area contributed by atoms with Crippen LogP contribution < -0.4 is 0 Å². The first-order chi connectivity index (χ1) is 7.39. The number of hydrogen-bond donors (Lipinski definition) is 1. The lowest BCUT2D eigenvalue weighted by molar-refractivity contribution is 0.214. The number of nitrogens with zero attached hydrogens (tertiary/aromatic N) is 3. The van der Waals surface area contributed by atoms with E-state index >= 15 is 0 Å². The van der Waals surface area contributed by atoms with Crippen molar-refractivity contribution in [3.05, 3.63) is 17.7 Å². The number of hydrogen-bond acceptors (Lipinski definition) is 5. The van der Waals surface area contributed by atoms with Crippen molar-refractivity contribution in [2.45, 2.75) is 17.9 Å². The molecule has 0 aromatic carbocycles. The lowest BCUT2D eigenvalue weighted by Gasteiger charge is -2.22. The first-order valence-corrected chi connectivity index (χ1v) is 6.28. The molecule has 0 saturated carbocycles. The Bertz CT molecular complexity index is 448. The topological polar surface area (TPSA) is 83.4 Å². The van der Waals surface area contributed by atoms with Gasteiger partial charge >= 0.3 is 0 Å². The van der Waals surface area contributed by atoms with Crippen LogP contribution >= 0.6 is 11.6 Å². The van der Waals surface area contributed by atoms with Crippen molar-refractivity contribution in [2.24, 2.45) is 0 Å². The molecule has 1 aromatic heterocycles. The minimum Gasteiger partial charge on any atom is -0.395 e. The highest BCUT2D eigenvalue weighted by Gasteiger charge is 2.25. The van der Waals surface area contributed by atoms with E-state index in [4.69, 9.17) is 16.7 Å². The predicted octanol–water partition coefficient (Wildman–Crippen LogP) is 0.131. The van der Waals surface area contributed by atoms with Gasteiger partial charge in [-0.05, 0) is 18.5 Å². The van der Waals surface area contributed by atoms with Gasteiger partial charge in [-0.2, -0.15) is 4.31 Å². The van der Waals surface area contributed by atoms with Gasteiger partial charge in [0, 0.05) is 13.1 Å². The Kier molecular flexibility index (Phi) is 4.20. The Labute approximate surface area is 98.9 Å². The molecule has 1 heterocycles. The number of aliphatic hydroxyl groups is 1. The zero-order chi connectivity index (χ0) is 12.3. The summed E-state index contributed by atoms with van der Waals surface area (Å²) in [5, 5.41) is 8.88. The maximum atomic E-state index is 11.9. The Hall–Kier alpha value is -0.760. The lowest BCUT2D eigenvalue weighted by Crippen LogP contribution is -2.37. The van der Waals surface area contributed by atoms with Gasteiger partial charge in [0.25, 0.3) is 0 Å². The van der Waals surface area contributed by atoms with Gasteiger partial charge in [-0.25, -0.2) is 18.4 Å². The molecule has 0 radical (unpaired) electrons. The lowest BCUT2D eigenvalue weighted by atomic mass is 10.4. The maximum Gasteiger partial charge on any atom is 0.246 e. The second-order valence-electron chi connectivity index (χ2n) is 3.24. The Morgan fingerprint density at radius 3 is 2.44 bits per heavy atom. The molecule has 1 N–H and O–H groups in total. The molecule has 1 atom stereocenters. The van der Waals surface area contributed by atoms with Crippen LogP contribution in [0.5, 0.6) is 0 Å². The summed E-state index contributed by atoms with van der Waals surface area (Å²) in [5.41, 5.74) is 0. The van der Waals surface area contributed by atoms with Crippen LogP contribution in [0, 0.1) is 0 Å². The van der Waals surface area contributed by atoms with E-state index in [1.807, 2.05) is 0 Å². The second-order valence-corrected chi connectivity index (χ2v) is 5.58. The van der Waals surface area contributed by atoms with Crippen LogP contribution in [0.4, 0.5) is 0 Å². The third-order valence-electron chi connectivity index (χ3n) is 2.16. The zero-order valence-electron chi connectivity index (χ0n) is 8.83. The van der Waals surface area contributed by atoms with Gasteiger partial charge in [-0.3, -0.25) is 0 Å². The molecule has 8 heteroatoms. The summed E-state index contributed by atoms with van der Waals surface area (Å²) in [6.45, 7) is 1.33. The van der Waals surface area contributed by atoms with E-state index in [1.165, 1.54) is 7.05 Å². The van der Waals surface area contributed by atoms with Gasteiger partial charge < -0.3 is 5.11 Å². The Morgan fingerprint density at radius 1 is 1.50 bits per heavy atom. The molecule has 1 unspecified atom stereocenters. The molecule has 1 aromatic rings. The third-order valence-corrected chi connectivity index (χ3v) is 4.28. The van der Waals surface area contributed by atoms with Crippen LogP contribution in [0.1, 0.15) is 6.92 Å². The number of aliphatic hydroxyl groups excluding tert-OH is 1. The molecule has 90 valence electrons. The molecule has 0 amide bonds. The van der Waals surface area contributed by atoms with E-state index in [0.717, 1.165) is 16.7 Å². The van der Waals surface area contributed by atoms with Gasteiger partial charge in [0.1, 0.15) is 4.90 Å². The number of halogens is 1. The zero-order valence-corrected chi connectivity index (χ0v) is 10.4. The first-order valence-electron chi connectivity index (χ1n) is 4.46. The van der Waals surface area contributed by atoms with Gasteiger partial charge in [0.05, 0.1) is 19.0 Å². The van der Waals surface area contributed by atoms with Crippen molar-refractivity contribution < 1.29 is 13.5 Å². The largest absolute Gasteiger partial charge is 0.395 e. The average molecular weight is 266 g/mol. The molecule has 0 aliphatic heterocycles. The van der Waals surface area contributed by atoms with Crippen molar-refractivity contribution in [2.75, 3.05) is 13.7 Å². The average Bonchev–Trinajstić information content (AvgIpc) is 2.27. The summed E-state index contributed by atoms with van der Waals surface area (Å²) in [4.78, 5) is 7.14. The van der Waals surface area contributed by atoms with Gasteiger partial charge in [0.2, 0.25) is 15.3 Å². The summed E-state index contributed by atoms with van der Waals surface area (Å²) >= 11 is 5.46. The van der Waals surface area contributed by atoms with E-state index in [1.54, 1.807) is 6.92 Å². The number of likely N-dealkylation sites (N-methyl/N-ethyl adjacent to an activating group) is 1. The van der Waals surface area contributed by atoms with Crippen LogP contribution in [0.3, 0.4) is 0 Å². The molecule has 0 aliphatic rings. The van der Waals surface area contributed by atoms with Crippen molar-refractivity contribution in [3.8, 4) is 0 Å². The molecule has 0 bridgehead atoms. The number of rotatable bonds is 4. The van der Waals surface area contributed by atoms with Crippen molar-refractivity contribution in [3.63, 3.8) is 0 Å². The monoisotopic (exact) mass is 265 g/mol. The van der Waals surface area contributed by atoms with E-state index in [9.17, 15) is 8.42 Å². The molecule has 0 aliphatic carbocycles. The minimum atomic E-state index is -3.68. The van der Waals surface area contributed by atoms with Crippen LogP contribution in [-0.2, 0) is 10.0 Å². The smallest absolute Gasteiger partial charge is 0.246 e. The number of sulfonamides is 1. The molecule has 16 heavy (non-hydrogen) atoms. The Balaban J connectivity index is 3.07. The van der Waals surface area contributed by atoms with E-state index in [0.29, 0.717) is 0 Å². The highest BCUT2D eigenvalue weighted by molar-refractivity contribution is 7.89. The molecule has 0 spiro atoms. The van der Waals surface area contributed by atoms with E-state index < -0.39 is 16.1 Å². The van der Waals surface area contributed by atoms with Crippen LogP contribution in [0.2, 0.25) is 5.28 Å². The molecular weight excluding hydrogens is 254 g/mol. The second kappa shape index (κ2) is 5.05. The first kappa shape index (κ1) is 13.3. The standard InChI is InChI=1S/C8H12ClN3O3S/c1-6(5-13)12(2)16(14,15)7-3-10-8(9)11-4-7/h3-4,6,13H,5H2,1-2H3. The third kappa shape index (κ3) is 2.67. The van der Waals surface area contributed by atoms with Crippen molar-refractivity contribution in [1.29, 1.82) is 0 Å². The van der Waals surface area contributed by atoms with Crippen molar-refractivity contribution in [1.82, 2.24) is 14.3 Å². The highest BCUT2D eigenvalue weighted by atomic mass is 35.5. The Morgan fingerprint density at radius 2 is 2.00 bits per heavy atom. The maximum absolute atomic E-state index is 11.9. The van der Waals surface area contributed by atoms with Crippen LogP contribution in [0.25, 0.3) is 0 Å². The molecule has 6 nitrogen and oxygen atoms in total. The fourth-order valence-corrected chi connectivity index (χ4v) is 2.29. The van der Waals surface area contributed by atoms with E-state index in [2.05, 4.69) is 9.97 Å². The van der Waals surface area contributed by atoms with Gasteiger partial charge in [-0.15, -0.1) is 0 Å². The highest BCUT2D eigenvalue weighted by Crippen LogP contribution is 2.15. The molecule has 1 rings (SSSR count). The summed E-state index contributed by atoms with van der Waals surface area (Å²) in [6, 6.07) is -0.513. The molecular formula is C8H12ClN3O3S. The molecule has 0 saturated heterocycles.